The number of aliphatic imine (C=N–C) groups is 1. The molecule has 9 nitrogen and oxygen atoms in total. The van der Waals surface area contributed by atoms with Gasteiger partial charge in [-0.1, -0.05) is 30.8 Å². The first-order valence-corrected chi connectivity index (χ1v) is 11.3. The fourth-order valence-electron chi connectivity index (χ4n) is 3.56. The monoisotopic (exact) mass is 458 g/mol. The number of carbonyl (C=O) groups excluding carboxylic acids is 2. The molecule has 0 saturated heterocycles. The number of amidine groups is 1. The molecule has 0 bridgehead atoms. The molecule has 0 saturated carbocycles. The Balaban J connectivity index is 2.05. The molecule has 0 aromatic heterocycles. The van der Waals surface area contributed by atoms with Gasteiger partial charge < -0.3 is 15.0 Å². The van der Waals surface area contributed by atoms with E-state index < -0.39 is 16.9 Å². The fourth-order valence-corrected chi connectivity index (χ4v) is 4.52. The van der Waals surface area contributed by atoms with Gasteiger partial charge in [0.25, 0.3) is 5.69 Å². The predicted molar refractivity (Wildman–Crippen MR) is 123 cm³/mol. The van der Waals surface area contributed by atoms with Crippen LogP contribution in [0.2, 0.25) is 0 Å². The molecule has 0 unspecified atom stereocenters. The minimum atomic E-state index is -0.695. The normalized spacial score (nSPS) is 18.5. The quantitative estimate of drug-likeness (QED) is 0.355. The lowest BCUT2D eigenvalue weighted by molar-refractivity contribution is -0.384. The number of nitro benzene ring substituents is 1. The van der Waals surface area contributed by atoms with Crippen molar-refractivity contribution in [3.05, 3.63) is 62.3 Å². The average Bonchev–Trinajstić information content (AvgIpc) is 3.14. The SMILES string of the molecule is CCOC(=O)C1=C(C)N=C2SC=C(CC(=O)N[C@H](C)CC)N2[C@@H]1c1cccc([N+](=O)[O-])c1. The number of hydrogen-bond acceptors (Lipinski definition) is 8. The van der Waals surface area contributed by atoms with Gasteiger partial charge in [0, 0.05) is 23.9 Å². The van der Waals surface area contributed by atoms with Crippen molar-refractivity contribution < 1.29 is 19.2 Å². The summed E-state index contributed by atoms with van der Waals surface area (Å²) >= 11 is 1.35. The Morgan fingerprint density at radius 3 is 2.78 bits per heavy atom. The number of nitrogens with one attached hydrogen (secondary N) is 1. The third-order valence-corrected chi connectivity index (χ3v) is 6.14. The number of fused-ring (bicyclic) bond motifs is 1. The van der Waals surface area contributed by atoms with Gasteiger partial charge in [0.2, 0.25) is 5.91 Å². The Hall–Kier alpha value is -3.14. The standard InChI is InChI=1S/C22H26N4O5S/c1-5-13(3)23-18(27)11-17-12-32-22-24-14(4)19(21(28)31-6-2)20(25(17)22)15-8-7-9-16(10-15)26(29)30/h7-10,12-13,20H,5-6,11H2,1-4H3,(H,23,27)/t13-,20-/m1/s1. The maximum Gasteiger partial charge on any atom is 0.338 e. The van der Waals surface area contributed by atoms with E-state index in [9.17, 15) is 19.7 Å². The largest absolute Gasteiger partial charge is 0.463 e. The van der Waals surface area contributed by atoms with Gasteiger partial charge in [-0.25, -0.2) is 9.79 Å². The van der Waals surface area contributed by atoms with Gasteiger partial charge >= 0.3 is 5.97 Å². The van der Waals surface area contributed by atoms with E-state index >= 15 is 0 Å². The van der Waals surface area contributed by atoms with E-state index in [-0.39, 0.29) is 30.7 Å². The fraction of sp³-hybridized carbons (Fsp3) is 0.409. The van der Waals surface area contributed by atoms with Gasteiger partial charge in [-0.3, -0.25) is 14.9 Å². The van der Waals surface area contributed by atoms with Gasteiger partial charge in [-0.2, -0.15) is 0 Å². The molecule has 10 heteroatoms. The van der Waals surface area contributed by atoms with Crippen molar-refractivity contribution in [2.75, 3.05) is 6.61 Å². The number of nitro groups is 1. The van der Waals surface area contributed by atoms with Crippen molar-refractivity contribution in [1.82, 2.24) is 10.2 Å². The smallest absolute Gasteiger partial charge is 0.338 e. The Morgan fingerprint density at radius 2 is 2.12 bits per heavy atom. The van der Waals surface area contributed by atoms with E-state index in [2.05, 4.69) is 10.3 Å². The highest BCUT2D eigenvalue weighted by Gasteiger charge is 2.41. The van der Waals surface area contributed by atoms with E-state index in [1.165, 1.54) is 23.9 Å². The molecule has 2 aliphatic rings. The minimum Gasteiger partial charge on any atom is -0.463 e. The van der Waals surface area contributed by atoms with Gasteiger partial charge in [-0.05, 0) is 38.2 Å². The number of amides is 1. The molecular weight excluding hydrogens is 432 g/mol. The van der Waals surface area contributed by atoms with Crippen LogP contribution in [0.1, 0.15) is 52.1 Å². The van der Waals surface area contributed by atoms with Crippen molar-refractivity contribution in [2.45, 2.75) is 52.6 Å². The summed E-state index contributed by atoms with van der Waals surface area (Å²) in [5.74, 6) is -0.682. The van der Waals surface area contributed by atoms with E-state index in [1.807, 2.05) is 19.3 Å². The second-order valence-corrected chi connectivity index (χ2v) is 8.36. The zero-order chi connectivity index (χ0) is 23.4. The second kappa shape index (κ2) is 9.99. The highest BCUT2D eigenvalue weighted by atomic mass is 32.2. The summed E-state index contributed by atoms with van der Waals surface area (Å²) in [5, 5.41) is 16.8. The third-order valence-electron chi connectivity index (χ3n) is 5.25. The van der Waals surface area contributed by atoms with E-state index in [0.29, 0.717) is 27.7 Å². The molecule has 0 spiro atoms. The minimum absolute atomic E-state index is 0.0384. The lowest BCUT2D eigenvalue weighted by Crippen LogP contribution is -2.39. The molecule has 1 aromatic rings. The molecular formula is C22H26N4O5S. The molecule has 2 atom stereocenters. The number of rotatable bonds is 8. The van der Waals surface area contributed by atoms with Crippen molar-refractivity contribution in [3.63, 3.8) is 0 Å². The lowest BCUT2D eigenvalue weighted by Gasteiger charge is -2.36. The van der Waals surface area contributed by atoms with Crippen LogP contribution in [-0.4, -0.2) is 39.5 Å². The Bertz CT molecular complexity index is 1030. The van der Waals surface area contributed by atoms with E-state index in [0.717, 1.165) is 6.42 Å². The van der Waals surface area contributed by atoms with Gasteiger partial charge in [0.15, 0.2) is 5.17 Å². The van der Waals surface area contributed by atoms with Crippen molar-refractivity contribution in [3.8, 4) is 0 Å². The first-order valence-electron chi connectivity index (χ1n) is 10.4. The van der Waals surface area contributed by atoms with Crippen LogP contribution in [0.5, 0.6) is 0 Å². The van der Waals surface area contributed by atoms with Crippen molar-refractivity contribution >= 4 is 34.5 Å². The summed E-state index contributed by atoms with van der Waals surface area (Å²) in [7, 11) is 0. The highest BCUT2D eigenvalue weighted by Crippen LogP contribution is 2.45. The average molecular weight is 459 g/mol. The first kappa shape index (κ1) is 23.5. The van der Waals surface area contributed by atoms with Crippen LogP contribution in [0.3, 0.4) is 0 Å². The highest BCUT2D eigenvalue weighted by molar-refractivity contribution is 8.16. The summed E-state index contributed by atoms with van der Waals surface area (Å²) in [4.78, 5) is 42.8. The number of ether oxygens (including phenoxy) is 1. The van der Waals surface area contributed by atoms with Crippen molar-refractivity contribution in [2.24, 2.45) is 4.99 Å². The van der Waals surface area contributed by atoms with Gasteiger partial charge in [-0.15, -0.1) is 0 Å². The maximum atomic E-state index is 12.9. The van der Waals surface area contributed by atoms with Gasteiger partial charge in [0.05, 0.1) is 35.3 Å². The third kappa shape index (κ3) is 4.85. The molecule has 0 aliphatic carbocycles. The number of non-ortho nitro benzene ring substituents is 1. The molecule has 1 N–H and O–H groups in total. The summed E-state index contributed by atoms with van der Waals surface area (Å²) in [6.45, 7) is 7.53. The number of allylic oxidation sites excluding steroid dienone is 1. The van der Waals surface area contributed by atoms with E-state index in [1.54, 1.807) is 30.9 Å². The van der Waals surface area contributed by atoms with Crippen LogP contribution >= 0.6 is 11.8 Å². The van der Waals surface area contributed by atoms with Crippen LogP contribution < -0.4 is 5.32 Å². The summed E-state index contributed by atoms with van der Waals surface area (Å²) < 4.78 is 5.28. The van der Waals surface area contributed by atoms with Gasteiger partial charge in [0.1, 0.15) is 0 Å². The summed E-state index contributed by atoms with van der Waals surface area (Å²) in [6, 6.07) is 5.50. The molecule has 0 radical (unpaired) electrons. The number of hydrogen-bond donors (Lipinski definition) is 1. The second-order valence-electron chi connectivity index (χ2n) is 7.52. The zero-order valence-corrected chi connectivity index (χ0v) is 19.3. The topological polar surface area (TPSA) is 114 Å². The number of thioether (sulfide) groups is 1. The number of carbonyl (C=O) groups is 2. The molecule has 1 aromatic carbocycles. The molecule has 2 aliphatic heterocycles. The summed E-state index contributed by atoms with van der Waals surface area (Å²) in [6.07, 6.45) is 0.901. The number of benzene rings is 1. The molecule has 0 fully saturated rings. The number of nitrogens with zero attached hydrogens (tertiary/aromatic N) is 3. The van der Waals surface area contributed by atoms with Crippen molar-refractivity contribution in [1.29, 1.82) is 0 Å². The van der Waals surface area contributed by atoms with Crippen LogP contribution in [-0.2, 0) is 14.3 Å². The lowest BCUT2D eigenvalue weighted by atomic mass is 9.93. The molecule has 170 valence electrons. The molecule has 32 heavy (non-hydrogen) atoms. The Labute approximate surface area is 190 Å². The van der Waals surface area contributed by atoms with Crippen LogP contribution in [0.25, 0.3) is 0 Å². The molecule has 2 heterocycles. The zero-order valence-electron chi connectivity index (χ0n) is 18.5. The predicted octanol–water partition coefficient (Wildman–Crippen LogP) is 4.04. The van der Waals surface area contributed by atoms with Crippen LogP contribution in [0.4, 0.5) is 5.69 Å². The Kier molecular flexibility index (Phi) is 7.34. The number of esters is 1. The Morgan fingerprint density at radius 1 is 1.38 bits per heavy atom. The van der Waals surface area contributed by atoms with E-state index in [4.69, 9.17) is 4.74 Å². The van der Waals surface area contributed by atoms with Crippen LogP contribution in [0, 0.1) is 10.1 Å². The maximum absolute atomic E-state index is 12.9. The first-order chi connectivity index (χ1) is 15.3. The summed E-state index contributed by atoms with van der Waals surface area (Å²) in [5.41, 5.74) is 1.91. The molecule has 1 amide bonds. The van der Waals surface area contributed by atoms with Crippen LogP contribution in [0.15, 0.2) is 51.6 Å². The molecule has 3 rings (SSSR count).